The van der Waals surface area contributed by atoms with Crippen molar-refractivity contribution < 1.29 is 9.84 Å². The first kappa shape index (κ1) is 12.0. The Morgan fingerprint density at radius 2 is 2.00 bits per heavy atom. The van der Waals surface area contributed by atoms with Crippen LogP contribution in [0, 0.1) is 13.8 Å². The van der Waals surface area contributed by atoms with Crippen molar-refractivity contribution in [2.45, 2.75) is 26.4 Å². The molecule has 0 spiro atoms. The first-order valence-corrected chi connectivity index (χ1v) is 5.11. The van der Waals surface area contributed by atoms with Crippen molar-refractivity contribution in [3.63, 3.8) is 0 Å². The van der Waals surface area contributed by atoms with Gasteiger partial charge in [0.05, 0.1) is 13.2 Å². The highest BCUT2D eigenvalue weighted by Crippen LogP contribution is 2.24. The lowest BCUT2D eigenvalue weighted by molar-refractivity contribution is 0.183. The molecule has 0 aliphatic carbocycles. The van der Waals surface area contributed by atoms with Crippen molar-refractivity contribution >= 4 is 0 Å². The van der Waals surface area contributed by atoms with Crippen molar-refractivity contribution in [3.8, 4) is 5.75 Å². The molecule has 84 valence electrons. The van der Waals surface area contributed by atoms with E-state index in [0.717, 1.165) is 16.9 Å². The second-order valence-electron chi connectivity index (χ2n) is 3.77. The molecular weight excluding hydrogens is 190 g/mol. The monoisotopic (exact) mass is 209 g/mol. The van der Waals surface area contributed by atoms with E-state index >= 15 is 0 Å². The normalized spacial score (nSPS) is 12.6. The van der Waals surface area contributed by atoms with Crippen LogP contribution < -0.4 is 10.5 Å². The van der Waals surface area contributed by atoms with E-state index in [0.29, 0.717) is 13.0 Å². The van der Waals surface area contributed by atoms with E-state index in [1.165, 1.54) is 5.56 Å². The Kier molecular flexibility index (Phi) is 4.12. The summed E-state index contributed by atoms with van der Waals surface area (Å²) in [7, 11) is 1.66. The topological polar surface area (TPSA) is 55.5 Å². The van der Waals surface area contributed by atoms with Gasteiger partial charge >= 0.3 is 0 Å². The average Bonchev–Trinajstić information content (AvgIpc) is 2.25. The number of aliphatic hydroxyl groups excluding tert-OH is 1. The first-order chi connectivity index (χ1) is 7.10. The lowest BCUT2D eigenvalue weighted by Gasteiger charge is -2.14. The fourth-order valence-electron chi connectivity index (χ4n) is 1.63. The van der Waals surface area contributed by atoms with Crippen LogP contribution in [-0.4, -0.2) is 24.9 Å². The molecule has 1 unspecified atom stereocenters. The molecule has 3 nitrogen and oxygen atoms in total. The molecular formula is C12H19NO2. The molecule has 15 heavy (non-hydrogen) atoms. The minimum Gasteiger partial charge on any atom is -0.496 e. The van der Waals surface area contributed by atoms with Crippen LogP contribution in [0.3, 0.4) is 0 Å². The van der Waals surface area contributed by atoms with Gasteiger partial charge in [-0.25, -0.2) is 0 Å². The van der Waals surface area contributed by atoms with Gasteiger partial charge in [0.25, 0.3) is 0 Å². The number of methoxy groups -OCH3 is 1. The summed E-state index contributed by atoms with van der Waals surface area (Å²) < 4.78 is 5.22. The van der Waals surface area contributed by atoms with Gasteiger partial charge < -0.3 is 15.6 Å². The van der Waals surface area contributed by atoms with Gasteiger partial charge in [0.2, 0.25) is 0 Å². The van der Waals surface area contributed by atoms with Crippen LogP contribution in [0.25, 0.3) is 0 Å². The van der Waals surface area contributed by atoms with Crippen LogP contribution in [0.5, 0.6) is 5.75 Å². The smallest absolute Gasteiger partial charge is 0.122 e. The molecule has 0 bridgehead atoms. The zero-order valence-electron chi connectivity index (χ0n) is 9.58. The van der Waals surface area contributed by atoms with Crippen molar-refractivity contribution in [2.75, 3.05) is 13.7 Å². The van der Waals surface area contributed by atoms with Gasteiger partial charge in [0.15, 0.2) is 0 Å². The van der Waals surface area contributed by atoms with Crippen molar-refractivity contribution in [1.29, 1.82) is 0 Å². The van der Waals surface area contributed by atoms with Crippen LogP contribution in [0.2, 0.25) is 0 Å². The second kappa shape index (κ2) is 5.14. The predicted molar refractivity (Wildman–Crippen MR) is 61.2 cm³/mol. The number of rotatable bonds is 4. The Morgan fingerprint density at radius 1 is 1.33 bits per heavy atom. The molecule has 0 radical (unpaired) electrons. The van der Waals surface area contributed by atoms with E-state index in [4.69, 9.17) is 10.5 Å². The molecule has 1 aromatic carbocycles. The molecule has 0 saturated carbocycles. The number of aliphatic hydroxyl groups is 1. The molecule has 0 amide bonds. The Hall–Kier alpha value is -1.06. The van der Waals surface area contributed by atoms with E-state index in [-0.39, 0.29) is 0 Å². The van der Waals surface area contributed by atoms with E-state index in [1.54, 1.807) is 7.11 Å². The molecule has 1 aromatic rings. The summed E-state index contributed by atoms with van der Waals surface area (Å²) in [5.41, 5.74) is 8.81. The van der Waals surface area contributed by atoms with Crippen LogP contribution in [0.4, 0.5) is 0 Å². The highest BCUT2D eigenvalue weighted by atomic mass is 16.5. The van der Waals surface area contributed by atoms with Gasteiger partial charge in [-0.05, 0) is 43.0 Å². The van der Waals surface area contributed by atoms with Crippen molar-refractivity contribution in [2.24, 2.45) is 5.73 Å². The third-order valence-corrected chi connectivity index (χ3v) is 2.80. The molecule has 0 aromatic heterocycles. The third kappa shape index (κ3) is 2.70. The Balaban J connectivity index is 2.96. The van der Waals surface area contributed by atoms with Crippen LogP contribution >= 0.6 is 0 Å². The fraction of sp³-hybridized carbons (Fsp3) is 0.500. The van der Waals surface area contributed by atoms with Crippen LogP contribution in [0.1, 0.15) is 16.7 Å². The first-order valence-electron chi connectivity index (χ1n) is 5.11. The number of ether oxygens (including phenoxy) is 1. The molecule has 1 rings (SSSR count). The van der Waals surface area contributed by atoms with Crippen LogP contribution in [0.15, 0.2) is 12.1 Å². The summed E-state index contributed by atoms with van der Waals surface area (Å²) in [6.45, 7) is 4.35. The van der Waals surface area contributed by atoms with Gasteiger partial charge in [-0.3, -0.25) is 0 Å². The Morgan fingerprint density at radius 3 is 2.53 bits per heavy atom. The summed E-state index contributed by atoms with van der Waals surface area (Å²) in [6, 6.07) is 3.92. The summed E-state index contributed by atoms with van der Waals surface area (Å²) in [6.07, 6.45) is 0.143. The standard InChI is InChI=1S/C12H19NO2/c1-8-9(2)12(15-3)5-4-10(8)6-11(14)7-13/h4-5,11,14H,6-7,13H2,1-3H3. The van der Waals surface area contributed by atoms with E-state index in [9.17, 15) is 5.11 Å². The SMILES string of the molecule is COc1ccc(CC(O)CN)c(C)c1C. The molecule has 0 aliphatic rings. The van der Waals surface area contributed by atoms with Crippen LogP contribution in [-0.2, 0) is 6.42 Å². The largest absolute Gasteiger partial charge is 0.496 e. The van der Waals surface area contributed by atoms with E-state index < -0.39 is 6.10 Å². The Labute approximate surface area is 90.9 Å². The summed E-state index contributed by atoms with van der Waals surface area (Å²) in [5.74, 6) is 0.887. The molecule has 0 saturated heterocycles. The molecule has 3 heteroatoms. The molecule has 0 fully saturated rings. The second-order valence-corrected chi connectivity index (χ2v) is 3.77. The third-order valence-electron chi connectivity index (χ3n) is 2.80. The highest BCUT2D eigenvalue weighted by molar-refractivity contribution is 5.43. The van der Waals surface area contributed by atoms with E-state index in [2.05, 4.69) is 0 Å². The number of hydrogen-bond donors (Lipinski definition) is 2. The Bertz CT molecular complexity index is 337. The number of hydrogen-bond acceptors (Lipinski definition) is 3. The number of benzene rings is 1. The maximum Gasteiger partial charge on any atom is 0.122 e. The zero-order valence-corrected chi connectivity index (χ0v) is 9.58. The predicted octanol–water partition coefficient (Wildman–Crippen LogP) is 1.17. The fourth-order valence-corrected chi connectivity index (χ4v) is 1.63. The van der Waals surface area contributed by atoms with Gasteiger partial charge in [0, 0.05) is 6.54 Å². The lowest BCUT2D eigenvalue weighted by Crippen LogP contribution is -2.22. The van der Waals surface area contributed by atoms with E-state index in [1.807, 2.05) is 26.0 Å². The summed E-state index contributed by atoms with van der Waals surface area (Å²) in [5, 5.41) is 9.50. The van der Waals surface area contributed by atoms with Gasteiger partial charge in [-0.1, -0.05) is 6.07 Å². The summed E-state index contributed by atoms with van der Waals surface area (Å²) >= 11 is 0. The molecule has 3 N–H and O–H groups in total. The minimum absolute atomic E-state index is 0.296. The number of nitrogens with two attached hydrogens (primary N) is 1. The van der Waals surface area contributed by atoms with Crippen molar-refractivity contribution in [3.05, 3.63) is 28.8 Å². The minimum atomic E-state index is -0.462. The van der Waals surface area contributed by atoms with Gasteiger partial charge in [0.1, 0.15) is 5.75 Å². The molecule has 1 atom stereocenters. The van der Waals surface area contributed by atoms with Gasteiger partial charge in [-0.2, -0.15) is 0 Å². The highest BCUT2D eigenvalue weighted by Gasteiger charge is 2.09. The maximum absolute atomic E-state index is 9.50. The van der Waals surface area contributed by atoms with Gasteiger partial charge in [-0.15, -0.1) is 0 Å². The zero-order chi connectivity index (χ0) is 11.4. The quantitative estimate of drug-likeness (QED) is 0.782. The average molecular weight is 209 g/mol. The molecule has 0 heterocycles. The summed E-state index contributed by atoms with van der Waals surface area (Å²) in [4.78, 5) is 0. The lowest BCUT2D eigenvalue weighted by atomic mass is 9.98. The van der Waals surface area contributed by atoms with Crippen molar-refractivity contribution in [1.82, 2.24) is 0 Å². The maximum atomic E-state index is 9.50. The molecule has 0 aliphatic heterocycles.